The molecule has 0 spiro atoms. The summed E-state index contributed by atoms with van der Waals surface area (Å²) in [4.78, 5) is 27.0. The smallest absolute Gasteiger partial charge is 0.223 e. The number of methoxy groups -OCH3 is 2. The molecule has 2 aromatic carbocycles. The summed E-state index contributed by atoms with van der Waals surface area (Å²) >= 11 is 5.86. The van der Waals surface area contributed by atoms with Gasteiger partial charge in [0.05, 0.1) is 20.3 Å². The number of carbonyl (C=O) groups excluding carboxylic acids is 2. The number of ketones is 1. The number of hydrogen-bond acceptors (Lipinski definition) is 4. The lowest BCUT2D eigenvalue weighted by molar-refractivity contribution is -0.132. The number of benzene rings is 2. The van der Waals surface area contributed by atoms with Crippen LogP contribution in [-0.2, 0) is 4.79 Å². The number of Topliss-reactive ketones (excluding diaryl/α,β-unsaturated/α-hetero) is 1. The van der Waals surface area contributed by atoms with Crippen LogP contribution < -0.4 is 9.47 Å². The summed E-state index contributed by atoms with van der Waals surface area (Å²) in [5.74, 6) is 1.36. The van der Waals surface area contributed by atoms with Crippen LogP contribution in [0.25, 0.3) is 0 Å². The van der Waals surface area contributed by atoms with Crippen molar-refractivity contribution >= 4 is 23.3 Å². The van der Waals surface area contributed by atoms with Gasteiger partial charge in [0, 0.05) is 41.6 Å². The molecule has 1 aliphatic heterocycles. The van der Waals surface area contributed by atoms with Gasteiger partial charge >= 0.3 is 0 Å². The topological polar surface area (TPSA) is 55.8 Å². The maximum atomic E-state index is 12.8. The molecule has 1 aliphatic rings. The molecule has 1 amide bonds. The number of likely N-dealkylation sites (tertiary alicyclic amines) is 1. The van der Waals surface area contributed by atoms with Gasteiger partial charge in [-0.1, -0.05) is 11.6 Å². The van der Waals surface area contributed by atoms with E-state index in [-0.39, 0.29) is 30.6 Å². The van der Waals surface area contributed by atoms with Crippen LogP contribution in [0.2, 0.25) is 5.02 Å². The Morgan fingerprint density at radius 1 is 1.07 bits per heavy atom. The van der Waals surface area contributed by atoms with Crippen molar-refractivity contribution in [1.82, 2.24) is 4.90 Å². The lowest BCUT2D eigenvalue weighted by Crippen LogP contribution is -2.31. The minimum absolute atomic E-state index is 0.0114. The van der Waals surface area contributed by atoms with Crippen molar-refractivity contribution < 1.29 is 19.1 Å². The van der Waals surface area contributed by atoms with Crippen LogP contribution in [0.4, 0.5) is 0 Å². The summed E-state index contributed by atoms with van der Waals surface area (Å²) in [6.07, 6.45) is 2.18. The fraction of sp³-hybridized carbons (Fsp3) is 0.364. The van der Waals surface area contributed by atoms with Crippen molar-refractivity contribution in [3.05, 3.63) is 58.6 Å². The fourth-order valence-electron chi connectivity index (χ4n) is 3.63. The first-order chi connectivity index (χ1) is 13.5. The van der Waals surface area contributed by atoms with E-state index in [9.17, 15) is 9.59 Å². The molecule has 6 heteroatoms. The number of ether oxygens (including phenoxy) is 2. The Morgan fingerprint density at radius 3 is 2.50 bits per heavy atom. The highest BCUT2D eigenvalue weighted by molar-refractivity contribution is 6.30. The molecule has 1 atom stereocenters. The zero-order valence-corrected chi connectivity index (χ0v) is 16.9. The highest BCUT2D eigenvalue weighted by atomic mass is 35.5. The van der Waals surface area contributed by atoms with Gasteiger partial charge in [0.25, 0.3) is 0 Å². The van der Waals surface area contributed by atoms with Crippen LogP contribution in [0.5, 0.6) is 11.5 Å². The van der Waals surface area contributed by atoms with E-state index < -0.39 is 0 Å². The summed E-state index contributed by atoms with van der Waals surface area (Å²) in [5.41, 5.74) is 1.55. The lowest BCUT2D eigenvalue weighted by Gasteiger charge is -2.26. The predicted molar refractivity (Wildman–Crippen MR) is 108 cm³/mol. The fourth-order valence-corrected chi connectivity index (χ4v) is 3.75. The molecule has 0 aliphatic carbocycles. The van der Waals surface area contributed by atoms with Gasteiger partial charge in [-0.25, -0.2) is 0 Å². The van der Waals surface area contributed by atoms with Gasteiger partial charge in [-0.3, -0.25) is 9.59 Å². The van der Waals surface area contributed by atoms with Gasteiger partial charge in [0.1, 0.15) is 11.5 Å². The predicted octanol–water partition coefficient (Wildman–Crippen LogP) is 4.68. The van der Waals surface area contributed by atoms with E-state index in [1.807, 2.05) is 23.1 Å². The second-order valence-corrected chi connectivity index (χ2v) is 7.22. The summed E-state index contributed by atoms with van der Waals surface area (Å²) in [6.45, 7) is 0.688. The molecule has 0 aromatic heterocycles. The molecule has 1 fully saturated rings. The number of carbonyl (C=O) groups is 2. The minimum atomic E-state index is -0.0530. The molecule has 0 saturated carbocycles. The molecule has 148 valence electrons. The second-order valence-electron chi connectivity index (χ2n) is 6.78. The van der Waals surface area contributed by atoms with Crippen molar-refractivity contribution in [1.29, 1.82) is 0 Å². The third kappa shape index (κ3) is 4.47. The van der Waals surface area contributed by atoms with E-state index in [1.165, 1.54) is 0 Å². The molecule has 0 bridgehead atoms. The largest absolute Gasteiger partial charge is 0.497 e. The van der Waals surface area contributed by atoms with Crippen molar-refractivity contribution in [2.75, 3.05) is 20.8 Å². The zero-order chi connectivity index (χ0) is 20.1. The van der Waals surface area contributed by atoms with Crippen LogP contribution in [0.3, 0.4) is 0 Å². The first-order valence-corrected chi connectivity index (χ1v) is 9.71. The summed E-state index contributed by atoms with van der Waals surface area (Å²) in [6, 6.07) is 12.4. The van der Waals surface area contributed by atoms with E-state index in [1.54, 1.807) is 38.5 Å². The molecule has 3 rings (SSSR count). The molecule has 1 saturated heterocycles. The molecule has 28 heavy (non-hydrogen) atoms. The highest BCUT2D eigenvalue weighted by Gasteiger charge is 2.32. The Hall–Kier alpha value is -2.53. The first-order valence-electron chi connectivity index (χ1n) is 9.33. The van der Waals surface area contributed by atoms with Crippen LogP contribution in [0, 0.1) is 0 Å². The Morgan fingerprint density at radius 2 is 1.82 bits per heavy atom. The molecule has 0 radical (unpaired) electrons. The maximum Gasteiger partial charge on any atom is 0.223 e. The van der Waals surface area contributed by atoms with Crippen molar-refractivity contribution in [2.45, 2.75) is 31.7 Å². The van der Waals surface area contributed by atoms with Crippen LogP contribution >= 0.6 is 11.6 Å². The number of rotatable bonds is 7. The van der Waals surface area contributed by atoms with Crippen molar-refractivity contribution in [3.63, 3.8) is 0 Å². The Labute approximate surface area is 170 Å². The normalized spacial score (nSPS) is 16.1. The van der Waals surface area contributed by atoms with Crippen LogP contribution in [-0.4, -0.2) is 37.4 Å². The Balaban J connectivity index is 1.68. The van der Waals surface area contributed by atoms with E-state index >= 15 is 0 Å². The lowest BCUT2D eigenvalue weighted by atomic mass is 10.0. The standard InChI is InChI=1S/C22H24ClNO4/c1-27-17-9-10-18(21(14-17)28-2)19-4-3-13-24(19)22(26)12-11-20(25)15-5-7-16(23)8-6-15/h5-10,14,19H,3-4,11-13H2,1-2H3/t19-/m1/s1. The molecule has 2 aromatic rings. The van der Waals surface area contributed by atoms with E-state index in [2.05, 4.69) is 0 Å². The van der Waals surface area contributed by atoms with Crippen molar-refractivity contribution in [2.24, 2.45) is 0 Å². The van der Waals surface area contributed by atoms with Gasteiger partial charge in [-0.2, -0.15) is 0 Å². The molecular formula is C22H24ClNO4. The van der Waals surface area contributed by atoms with Gasteiger partial charge in [0.15, 0.2) is 5.78 Å². The number of amides is 1. The first kappa shape index (κ1) is 20.2. The quantitative estimate of drug-likeness (QED) is 0.632. The van der Waals surface area contributed by atoms with Gasteiger partial charge in [0.2, 0.25) is 5.91 Å². The van der Waals surface area contributed by atoms with Gasteiger partial charge in [-0.15, -0.1) is 0 Å². The van der Waals surface area contributed by atoms with Crippen LogP contribution in [0.15, 0.2) is 42.5 Å². The average Bonchev–Trinajstić information content (AvgIpc) is 3.21. The highest BCUT2D eigenvalue weighted by Crippen LogP contribution is 2.39. The SMILES string of the molecule is COc1ccc([C@H]2CCCN2C(=O)CCC(=O)c2ccc(Cl)cc2)c(OC)c1. The Bertz CT molecular complexity index is 850. The summed E-state index contributed by atoms with van der Waals surface area (Å²) in [5, 5.41) is 0.584. The minimum Gasteiger partial charge on any atom is -0.497 e. The zero-order valence-electron chi connectivity index (χ0n) is 16.1. The molecular weight excluding hydrogens is 378 g/mol. The van der Waals surface area contributed by atoms with Crippen molar-refractivity contribution in [3.8, 4) is 11.5 Å². The van der Waals surface area contributed by atoms with Gasteiger partial charge < -0.3 is 14.4 Å². The van der Waals surface area contributed by atoms with Gasteiger partial charge in [-0.05, 0) is 49.2 Å². The Kier molecular flexibility index (Phi) is 6.57. The van der Waals surface area contributed by atoms with Crippen LogP contribution in [0.1, 0.15) is 47.6 Å². The number of nitrogens with zero attached hydrogens (tertiary/aromatic N) is 1. The maximum absolute atomic E-state index is 12.8. The molecule has 0 unspecified atom stereocenters. The third-order valence-electron chi connectivity index (χ3n) is 5.10. The molecule has 5 nitrogen and oxygen atoms in total. The number of halogens is 1. The third-order valence-corrected chi connectivity index (χ3v) is 5.36. The van der Waals surface area contributed by atoms with E-state index in [0.29, 0.717) is 28.6 Å². The second kappa shape index (κ2) is 9.11. The molecule has 0 N–H and O–H groups in total. The molecule has 1 heterocycles. The van der Waals surface area contributed by atoms with E-state index in [4.69, 9.17) is 21.1 Å². The number of hydrogen-bond donors (Lipinski definition) is 0. The summed E-state index contributed by atoms with van der Waals surface area (Å²) in [7, 11) is 3.22. The summed E-state index contributed by atoms with van der Waals surface area (Å²) < 4.78 is 10.8. The monoisotopic (exact) mass is 401 g/mol. The average molecular weight is 402 g/mol. The van der Waals surface area contributed by atoms with E-state index in [0.717, 1.165) is 18.4 Å².